The monoisotopic (exact) mass is 413 g/mol. The van der Waals surface area contributed by atoms with Gasteiger partial charge in [-0.1, -0.05) is 19.9 Å². The Morgan fingerprint density at radius 1 is 1.23 bits per heavy atom. The number of hydrogen-bond acceptors (Lipinski definition) is 4. The van der Waals surface area contributed by atoms with Gasteiger partial charge in [0.1, 0.15) is 0 Å². The van der Waals surface area contributed by atoms with Gasteiger partial charge in [0.2, 0.25) is 5.91 Å². The molecule has 4 atom stereocenters. The predicted octanol–water partition coefficient (Wildman–Crippen LogP) is 2.71. The number of carbonyl (C=O) groups excluding carboxylic acids is 1. The molecule has 1 aromatic rings. The maximum atomic E-state index is 13.5. The van der Waals surface area contributed by atoms with Crippen molar-refractivity contribution >= 4 is 11.5 Å². The Morgan fingerprint density at radius 3 is 2.73 bits per heavy atom. The average Bonchev–Trinajstić information content (AvgIpc) is 2.98. The fourth-order valence-corrected chi connectivity index (χ4v) is 5.78. The fraction of sp³-hybridized carbons (Fsp3) is 0.667. The van der Waals surface area contributed by atoms with E-state index in [2.05, 4.69) is 29.3 Å². The second-order valence-electron chi connectivity index (χ2n) is 8.98. The van der Waals surface area contributed by atoms with Crippen LogP contribution in [0.3, 0.4) is 0 Å². The molecule has 1 saturated heterocycles. The minimum absolute atomic E-state index is 0.00414. The first-order chi connectivity index (χ1) is 14.6. The highest BCUT2D eigenvalue weighted by Crippen LogP contribution is 2.48. The Labute approximate surface area is 179 Å². The SMILES string of the molecule is CCCNC(=O)[C@H]1[C@H](CO)[C@H]2Cn3c(ccc(C4=CCCCC4)c3=O)[C@@H]1N2CCC. The molecule has 1 aromatic heterocycles. The number of pyridine rings is 1. The summed E-state index contributed by atoms with van der Waals surface area (Å²) in [5.74, 6) is -0.481. The summed E-state index contributed by atoms with van der Waals surface area (Å²) in [6.45, 7) is 6.19. The van der Waals surface area contributed by atoms with E-state index in [9.17, 15) is 14.7 Å². The number of allylic oxidation sites excluding steroid dienone is 2. The number of hydrogen-bond donors (Lipinski definition) is 2. The van der Waals surface area contributed by atoms with E-state index in [-0.39, 0.29) is 42.0 Å². The maximum Gasteiger partial charge on any atom is 0.258 e. The van der Waals surface area contributed by atoms with Gasteiger partial charge >= 0.3 is 0 Å². The first-order valence-electron chi connectivity index (χ1n) is 11.7. The lowest BCUT2D eigenvalue weighted by atomic mass is 9.86. The van der Waals surface area contributed by atoms with Crippen molar-refractivity contribution in [3.8, 4) is 0 Å². The summed E-state index contributed by atoms with van der Waals surface area (Å²) >= 11 is 0. The maximum absolute atomic E-state index is 13.5. The molecule has 164 valence electrons. The normalized spacial score (nSPS) is 28.2. The third kappa shape index (κ3) is 3.54. The molecule has 1 aliphatic carbocycles. The Balaban J connectivity index is 1.78. The summed E-state index contributed by atoms with van der Waals surface area (Å²) in [4.78, 5) is 29.0. The quantitative estimate of drug-likeness (QED) is 0.721. The van der Waals surface area contributed by atoms with Gasteiger partial charge in [-0.2, -0.15) is 0 Å². The van der Waals surface area contributed by atoms with Crippen molar-refractivity contribution in [3.63, 3.8) is 0 Å². The second kappa shape index (κ2) is 9.06. The van der Waals surface area contributed by atoms with Crippen molar-refractivity contribution in [1.82, 2.24) is 14.8 Å². The molecule has 0 unspecified atom stereocenters. The van der Waals surface area contributed by atoms with Crippen LogP contribution in [0.2, 0.25) is 0 Å². The molecule has 2 bridgehead atoms. The third-order valence-electron chi connectivity index (χ3n) is 7.14. The van der Waals surface area contributed by atoms with Crippen LogP contribution in [0.1, 0.15) is 69.7 Å². The van der Waals surface area contributed by atoms with Crippen molar-refractivity contribution in [2.24, 2.45) is 11.8 Å². The van der Waals surface area contributed by atoms with Crippen LogP contribution in [0, 0.1) is 11.8 Å². The van der Waals surface area contributed by atoms with E-state index in [1.165, 1.54) is 12.0 Å². The summed E-state index contributed by atoms with van der Waals surface area (Å²) in [6.07, 6.45) is 8.40. The van der Waals surface area contributed by atoms with Crippen molar-refractivity contribution < 1.29 is 9.90 Å². The molecule has 6 heteroatoms. The largest absolute Gasteiger partial charge is 0.396 e. The molecular weight excluding hydrogens is 378 g/mol. The van der Waals surface area contributed by atoms with E-state index >= 15 is 0 Å². The first kappa shape index (κ1) is 21.3. The molecule has 0 radical (unpaired) electrons. The number of aliphatic hydroxyl groups is 1. The lowest BCUT2D eigenvalue weighted by Gasteiger charge is -2.38. The zero-order valence-corrected chi connectivity index (χ0v) is 18.3. The third-order valence-corrected chi connectivity index (χ3v) is 7.14. The Kier molecular flexibility index (Phi) is 6.44. The molecule has 1 amide bonds. The summed E-state index contributed by atoms with van der Waals surface area (Å²) < 4.78 is 1.90. The highest BCUT2D eigenvalue weighted by molar-refractivity contribution is 5.80. The highest BCUT2D eigenvalue weighted by Gasteiger charge is 2.55. The number of carbonyl (C=O) groups is 1. The standard InChI is InChI=1S/C24H35N3O3/c1-3-12-25-23(29)21-18(15-28)20-14-27-19(22(21)26(20)13-4-2)11-10-17(24(27)30)16-8-6-5-7-9-16/h8,10-11,18,20-22,28H,3-7,9,12-15H2,1-2H3,(H,25,29)/t18-,20-,21+,22+/m1/s1. The van der Waals surface area contributed by atoms with E-state index in [1.54, 1.807) is 0 Å². The van der Waals surface area contributed by atoms with E-state index in [0.29, 0.717) is 13.1 Å². The van der Waals surface area contributed by atoms with Crippen molar-refractivity contribution in [2.75, 3.05) is 19.7 Å². The molecule has 30 heavy (non-hydrogen) atoms. The smallest absolute Gasteiger partial charge is 0.258 e. The molecule has 2 N–H and O–H groups in total. The molecule has 6 nitrogen and oxygen atoms in total. The van der Waals surface area contributed by atoms with Gasteiger partial charge in [-0.15, -0.1) is 0 Å². The molecule has 2 aliphatic heterocycles. The molecule has 0 saturated carbocycles. The van der Waals surface area contributed by atoms with E-state index in [1.807, 2.05) is 17.6 Å². The van der Waals surface area contributed by atoms with Crippen molar-refractivity contribution in [3.05, 3.63) is 39.8 Å². The van der Waals surface area contributed by atoms with Crippen LogP contribution < -0.4 is 10.9 Å². The van der Waals surface area contributed by atoms with Gasteiger partial charge < -0.3 is 15.0 Å². The molecular formula is C24H35N3O3. The predicted molar refractivity (Wildman–Crippen MR) is 118 cm³/mol. The average molecular weight is 414 g/mol. The van der Waals surface area contributed by atoms with Gasteiger partial charge in [0, 0.05) is 42.9 Å². The Bertz CT molecular complexity index is 875. The number of rotatable bonds is 7. The Morgan fingerprint density at radius 2 is 2.07 bits per heavy atom. The van der Waals surface area contributed by atoms with Gasteiger partial charge in [-0.3, -0.25) is 14.5 Å². The number of nitrogens with one attached hydrogen (secondary N) is 1. The van der Waals surface area contributed by atoms with Crippen LogP contribution in [-0.4, -0.2) is 46.2 Å². The Hall–Kier alpha value is -1.92. The van der Waals surface area contributed by atoms with Crippen LogP contribution in [0.5, 0.6) is 0 Å². The van der Waals surface area contributed by atoms with Gasteiger partial charge in [-0.25, -0.2) is 0 Å². The molecule has 1 fully saturated rings. The minimum Gasteiger partial charge on any atom is -0.396 e. The van der Waals surface area contributed by atoms with Gasteiger partial charge in [0.05, 0.1) is 12.0 Å². The van der Waals surface area contributed by atoms with Gasteiger partial charge in [-0.05, 0) is 62.8 Å². The molecule has 0 aromatic carbocycles. The second-order valence-corrected chi connectivity index (χ2v) is 8.98. The summed E-state index contributed by atoms with van der Waals surface area (Å²) in [5, 5.41) is 13.3. The number of aliphatic hydroxyl groups excluding tert-OH is 1. The van der Waals surface area contributed by atoms with E-state index in [0.717, 1.165) is 49.9 Å². The van der Waals surface area contributed by atoms with E-state index in [4.69, 9.17) is 0 Å². The molecule has 3 heterocycles. The number of nitrogens with zero attached hydrogens (tertiary/aromatic N) is 2. The summed E-state index contributed by atoms with van der Waals surface area (Å²) in [6, 6.07) is 3.90. The van der Waals surface area contributed by atoms with Crippen LogP contribution in [0.15, 0.2) is 23.0 Å². The lowest BCUT2D eigenvalue weighted by Crippen LogP contribution is -2.47. The van der Waals surface area contributed by atoms with Crippen molar-refractivity contribution in [1.29, 1.82) is 0 Å². The summed E-state index contributed by atoms with van der Waals surface area (Å²) in [7, 11) is 0. The first-order valence-corrected chi connectivity index (χ1v) is 11.7. The zero-order chi connectivity index (χ0) is 21.3. The molecule has 0 spiro atoms. The fourth-order valence-electron chi connectivity index (χ4n) is 5.78. The topological polar surface area (TPSA) is 74.6 Å². The zero-order valence-electron chi connectivity index (χ0n) is 18.3. The molecule has 3 aliphatic rings. The number of fused-ring (bicyclic) bond motifs is 4. The molecule has 4 rings (SSSR count). The minimum atomic E-state index is -0.328. The van der Waals surface area contributed by atoms with Crippen molar-refractivity contribution in [2.45, 2.75) is 71.0 Å². The van der Waals surface area contributed by atoms with Crippen LogP contribution in [0.25, 0.3) is 5.57 Å². The number of amides is 1. The number of aromatic nitrogens is 1. The van der Waals surface area contributed by atoms with Crippen LogP contribution in [0.4, 0.5) is 0 Å². The van der Waals surface area contributed by atoms with Crippen LogP contribution >= 0.6 is 0 Å². The highest BCUT2D eigenvalue weighted by atomic mass is 16.3. The lowest BCUT2D eigenvalue weighted by molar-refractivity contribution is -0.127. The van der Waals surface area contributed by atoms with Gasteiger partial charge in [0.15, 0.2) is 0 Å². The van der Waals surface area contributed by atoms with Crippen LogP contribution in [-0.2, 0) is 11.3 Å². The summed E-state index contributed by atoms with van der Waals surface area (Å²) in [5.41, 5.74) is 2.98. The van der Waals surface area contributed by atoms with E-state index < -0.39 is 0 Å². The van der Waals surface area contributed by atoms with Gasteiger partial charge in [0.25, 0.3) is 5.56 Å².